The topological polar surface area (TPSA) is 70.9 Å². The molecule has 5 nitrogen and oxygen atoms in total. The molecule has 2 saturated carbocycles. The predicted octanol–water partition coefficient (Wildman–Crippen LogP) is 2.68. The maximum absolute atomic E-state index is 12.3. The van der Waals surface area contributed by atoms with Gasteiger partial charge in [-0.3, -0.25) is 4.79 Å². The maximum atomic E-state index is 12.3. The fourth-order valence-electron chi connectivity index (χ4n) is 3.86. The molecule has 22 heavy (non-hydrogen) atoms. The van der Waals surface area contributed by atoms with E-state index in [0.29, 0.717) is 11.7 Å². The van der Waals surface area contributed by atoms with E-state index in [4.69, 9.17) is 4.74 Å². The second-order valence-corrected chi connectivity index (χ2v) is 6.50. The highest BCUT2D eigenvalue weighted by atomic mass is 16.5. The summed E-state index contributed by atoms with van der Waals surface area (Å²) in [6.07, 6.45) is 6.34. The first-order chi connectivity index (χ1) is 10.6. The SMILES string of the molecule is COc1cc(C=NNC(=O)C2C3CCCCC32C)ccc1O. The van der Waals surface area contributed by atoms with Crippen LogP contribution in [-0.4, -0.2) is 24.3 Å². The number of phenols is 1. The highest BCUT2D eigenvalue weighted by Gasteiger charge is 2.64. The number of methoxy groups -OCH3 is 1. The minimum absolute atomic E-state index is 0.0244. The van der Waals surface area contributed by atoms with Crippen molar-refractivity contribution < 1.29 is 14.6 Å². The van der Waals surface area contributed by atoms with Crippen molar-refractivity contribution in [3.63, 3.8) is 0 Å². The number of rotatable bonds is 4. The molecule has 0 aromatic heterocycles. The van der Waals surface area contributed by atoms with E-state index in [0.717, 1.165) is 18.4 Å². The summed E-state index contributed by atoms with van der Waals surface area (Å²) >= 11 is 0. The second-order valence-electron chi connectivity index (χ2n) is 6.50. The lowest BCUT2D eigenvalue weighted by molar-refractivity contribution is -0.123. The molecule has 2 N–H and O–H groups in total. The number of nitrogens with one attached hydrogen (secondary N) is 1. The molecule has 0 bridgehead atoms. The first-order valence-electron chi connectivity index (χ1n) is 7.76. The van der Waals surface area contributed by atoms with Gasteiger partial charge in [-0.15, -0.1) is 0 Å². The van der Waals surface area contributed by atoms with Crippen LogP contribution in [0.1, 0.15) is 38.2 Å². The van der Waals surface area contributed by atoms with Crippen LogP contribution in [0.3, 0.4) is 0 Å². The van der Waals surface area contributed by atoms with Crippen molar-refractivity contribution in [2.45, 2.75) is 32.6 Å². The number of hydrogen-bond acceptors (Lipinski definition) is 4. The zero-order valence-corrected chi connectivity index (χ0v) is 13.0. The van der Waals surface area contributed by atoms with Crippen molar-refractivity contribution in [2.24, 2.45) is 22.4 Å². The average molecular weight is 302 g/mol. The summed E-state index contributed by atoms with van der Waals surface area (Å²) in [5.41, 5.74) is 3.61. The van der Waals surface area contributed by atoms with Crippen LogP contribution in [0.25, 0.3) is 0 Å². The fourth-order valence-corrected chi connectivity index (χ4v) is 3.86. The molecule has 1 amide bonds. The lowest BCUT2D eigenvalue weighted by atomic mass is 9.90. The number of carbonyl (C=O) groups is 1. The van der Waals surface area contributed by atoms with Gasteiger partial charge in [-0.05, 0) is 47.9 Å². The van der Waals surface area contributed by atoms with Gasteiger partial charge in [-0.2, -0.15) is 5.10 Å². The Labute approximate surface area is 130 Å². The van der Waals surface area contributed by atoms with Crippen LogP contribution in [0, 0.1) is 17.3 Å². The van der Waals surface area contributed by atoms with Crippen LogP contribution in [0.15, 0.2) is 23.3 Å². The number of fused-ring (bicyclic) bond motifs is 1. The molecule has 5 heteroatoms. The van der Waals surface area contributed by atoms with E-state index in [9.17, 15) is 9.90 Å². The zero-order valence-electron chi connectivity index (χ0n) is 13.0. The number of ether oxygens (including phenoxy) is 1. The van der Waals surface area contributed by atoms with Crippen LogP contribution < -0.4 is 10.2 Å². The maximum Gasteiger partial charge on any atom is 0.244 e. The summed E-state index contributed by atoms with van der Waals surface area (Å²) in [5.74, 6) is 1.14. The molecule has 0 saturated heterocycles. The van der Waals surface area contributed by atoms with E-state index < -0.39 is 0 Å². The van der Waals surface area contributed by atoms with Crippen molar-refractivity contribution in [2.75, 3.05) is 7.11 Å². The molecule has 2 aliphatic rings. The first-order valence-corrected chi connectivity index (χ1v) is 7.76. The highest BCUT2D eigenvalue weighted by Crippen LogP contribution is 2.66. The van der Waals surface area contributed by atoms with Gasteiger partial charge >= 0.3 is 0 Å². The minimum Gasteiger partial charge on any atom is -0.504 e. The molecular formula is C17H22N2O3. The van der Waals surface area contributed by atoms with Crippen LogP contribution in [0.2, 0.25) is 0 Å². The standard InChI is InChI=1S/C17H22N2O3/c1-17-8-4-3-5-12(17)15(17)16(21)19-18-10-11-6-7-13(20)14(9-11)22-2/h6-7,9-10,12,15,20H,3-5,8H2,1-2H3,(H,19,21). The average Bonchev–Trinajstić information content (AvgIpc) is 3.14. The van der Waals surface area contributed by atoms with E-state index in [1.165, 1.54) is 20.0 Å². The molecule has 3 rings (SSSR count). The van der Waals surface area contributed by atoms with Crippen molar-refractivity contribution in [1.82, 2.24) is 5.43 Å². The molecule has 0 heterocycles. The predicted molar refractivity (Wildman–Crippen MR) is 84.0 cm³/mol. The molecule has 0 radical (unpaired) electrons. The molecule has 1 aromatic carbocycles. The number of hydrazone groups is 1. The Hall–Kier alpha value is -2.04. The number of amides is 1. The van der Waals surface area contributed by atoms with Crippen LogP contribution in [0.5, 0.6) is 11.5 Å². The number of carbonyl (C=O) groups excluding carboxylic acids is 1. The minimum atomic E-state index is 0.0244. The van der Waals surface area contributed by atoms with Crippen LogP contribution in [-0.2, 0) is 4.79 Å². The molecule has 0 aliphatic heterocycles. The zero-order chi connectivity index (χ0) is 15.7. The van der Waals surface area contributed by atoms with Crippen molar-refractivity contribution in [3.05, 3.63) is 23.8 Å². The molecule has 1 aromatic rings. The number of benzene rings is 1. The lowest BCUT2D eigenvalue weighted by Crippen LogP contribution is -2.22. The van der Waals surface area contributed by atoms with Gasteiger partial charge in [0.05, 0.1) is 13.3 Å². The molecule has 3 atom stereocenters. The van der Waals surface area contributed by atoms with Crippen molar-refractivity contribution >= 4 is 12.1 Å². The smallest absolute Gasteiger partial charge is 0.244 e. The number of nitrogens with zero attached hydrogens (tertiary/aromatic N) is 1. The highest BCUT2D eigenvalue weighted by molar-refractivity contribution is 5.86. The number of phenolic OH excluding ortho intramolecular Hbond substituents is 1. The molecule has 2 aliphatic carbocycles. The normalized spacial score (nSPS) is 29.9. The van der Waals surface area contributed by atoms with Gasteiger partial charge in [-0.25, -0.2) is 5.43 Å². The largest absolute Gasteiger partial charge is 0.504 e. The van der Waals surface area contributed by atoms with Gasteiger partial charge in [-0.1, -0.05) is 19.8 Å². The Kier molecular flexibility index (Phi) is 3.81. The van der Waals surface area contributed by atoms with Crippen molar-refractivity contribution in [3.8, 4) is 11.5 Å². The van der Waals surface area contributed by atoms with E-state index >= 15 is 0 Å². The first kappa shape index (κ1) is 14.9. The van der Waals surface area contributed by atoms with Gasteiger partial charge in [0.1, 0.15) is 0 Å². The summed E-state index contributed by atoms with van der Waals surface area (Å²) in [6.45, 7) is 2.22. The summed E-state index contributed by atoms with van der Waals surface area (Å²) in [4.78, 5) is 12.3. The molecular weight excluding hydrogens is 280 g/mol. The third-order valence-corrected chi connectivity index (χ3v) is 5.21. The van der Waals surface area contributed by atoms with E-state index in [2.05, 4.69) is 17.5 Å². The van der Waals surface area contributed by atoms with E-state index in [1.54, 1.807) is 24.4 Å². The monoisotopic (exact) mass is 302 g/mol. The van der Waals surface area contributed by atoms with Crippen LogP contribution >= 0.6 is 0 Å². The quantitative estimate of drug-likeness (QED) is 0.663. The number of aromatic hydroxyl groups is 1. The molecule has 3 unspecified atom stereocenters. The fraction of sp³-hybridized carbons (Fsp3) is 0.529. The van der Waals surface area contributed by atoms with Crippen molar-refractivity contribution in [1.29, 1.82) is 0 Å². The third kappa shape index (κ3) is 2.56. The Morgan fingerprint density at radius 2 is 2.32 bits per heavy atom. The Morgan fingerprint density at radius 3 is 3.00 bits per heavy atom. The van der Waals surface area contributed by atoms with Crippen LogP contribution in [0.4, 0.5) is 0 Å². The van der Waals surface area contributed by atoms with Gasteiger partial charge in [0.15, 0.2) is 11.5 Å². The van der Waals surface area contributed by atoms with Gasteiger partial charge in [0.2, 0.25) is 5.91 Å². The van der Waals surface area contributed by atoms with Gasteiger partial charge < -0.3 is 9.84 Å². The second kappa shape index (κ2) is 5.63. The summed E-state index contributed by atoms with van der Waals surface area (Å²) in [7, 11) is 1.49. The Morgan fingerprint density at radius 1 is 1.50 bits per heavy atom. The number of hydrogen-bond donors (Lipinski definition) is 2. The Balaban J connectivity index is 1.59. The Bertz CT molecular complexity index is 614. The summed E-state index contributed by atoms with van der Waals surface area (Å²) < 4.78 is 5.04. The van der Waals surface area contributed by atoms with E-state index in [-0.39, 0.29) is 23.0 Å². The molecule has 0 spiro atoms. The van der Waals surface area contributed by atoms with Gasteiger partial charge in [0.25, 0.3) is 0 Å². The summed E-state index contributed by atoms with van der Waals surface area (Å²) in [6, 6.07) is 4.92. The van der Waals surface area contributed by atoms with E-state index in [1.807, 2.05) is 0 Å². The van der Waals surface area contributed by atoms with Gasteiger partial charge in [0, 0.05) is 5.92 Å². The lowest BCUT2D eigenvalue weighted by Gasteiger charge is -2.15. The third-order valence-electron chi connectivity index (χ3n) is 5.21. The molecule has 118 valence electrons. The summed E-state index contributed by atoms with van der Waals surface area (Å²) in [5, 5.41) is 13.6. The molecule has 2 fully saturated rings.